The van der Waals surface area contributed by atoms with Crippen LogP contribution in [0.3, 0.4) is 0 Å². The lowest BCUT2D eigenvalue weighted by Gasteiger charge is -2.21. The van der Waals surface area contributed by atoms with Crippen LogP contribution in [0, 0.1) is 6.92 Å². The Hall–Kier alpha value is -2.24. The molecule has 0 atom stereocenters. The van der Waals surface area contributed by atoms with Crippen LogP contribution in [0.1, 0.15) is 31.9 Å². The van der Waals surface area contributed by atoms with Gasteiger partial charge in [-0.3, -0.25) is 9.79 Å². The van der Waals surface area contributed by atoms with Crippen LogP contribution in [-0.2, 0) is 11.2 Å². The third-order valence-corrected chi connectivity index (χ3v) is 3.33. The predicted octanol–water partition coefficient (Wildman–Crippen LogP) is 1.63. The van der Waals surface area contributed by atoms with E-state index in [9.17, 15) is 4.79 Å². The third kappa shape index (κ3) is 7.35. The van der Waals surface area contributed by atoms with Gasteiger partial charge in [-0.05, 0) is 51.3 Å². The van der Waals surface area contributed by atoms with Crippen molar-refractivity contribution in [2.75, 3.05) is 27.2 Å². The van der Waals surface area contributed by atoms with Crippen molar-refractivity contribution in [3.63, 3.8) is 0 Å². The lowest BCUT2D eigenvalue weighted by molar-refractivity contribution is -0.121. The van der Waals surface area contributed by atoms with Gasteiger partial charge in [0.05, 0.1) is 13.7 Å². The maximum absolute atomic E-state index is 11.8. The highest BCUT2D eigenvalue weighted by Crippen LogP contribution is 2.18. The Balaban J connectivity index is 2.41. The van der Waals surface area contributed by atoms with Crippen molar-refractivity contribution in [1.29, 1.82) is 0 Å². The van der Waals surface area contributed by atoms with Crippen LogP contribution in [0.5, 0.6) is 5.75 Å². The molecule has 134 valence electrons. The Bertz CT molecular complexity index is 577. The van der Waals surface area contributed by atoms with E-state index < -0.39 is 0 Å². The molecule has 0 saturated carbocycles. The maximum Gasteiger partial charge on any atom is 0.239 e. The van der Waals surface area contributed by atoms with E-state index in [0.29, 0.717) is 12.5 Å². The number of hydrogen-bond acceptors (Lipinski definition) is 3. The summed E-state index contributed by atoms with van der Waals surface area (Å²) < 4.78 is 5.34. The Morgan fingerprint density at radius 1 is 1.25 bits per heavy atom. The second-order valence-electron chi connectivity index (χ2n) is 6.70. The molecule has 3 N–H and O–H groups in total. The number of aryl methyl sites for hydroxylation is 1. The number of nitrogens with one attached hydrogen (secondary N) is 3. The van der Waals surface area contributed by atoms with Crippen molar-refractivity contribution in [1.82, 2.24) is 16.0 Å². The topological polar surface area (TPSA) is 74.8 Å². The Labute approximate surface area is 145 Å². The van der Waals surface area contributed by atoms with Crippen LogP contribution in [-0.4, -0.2) is 44.7 Å². The first-order valence-corrected chi connectivity index (χ1v) is 8.14. The van der Waals surface area contributed by atoms with Gasteiger partial charge < -0.3 is 20.7 Å². The molecular formula is C18H30N4O2. The van der Waals surface area contributed by atoms with Gasteiger partial charge in [0.2, 0.25) is 5.91 Å². The summed E-state index contributed by atoms with van der Waals surface area (Å²) in [6.07, 6.45) is 0.839. The van der Waals surface area contributed by atoms with Gasteiger partial charge in [0.25, 0.3) is 0 Å². The van der Waals surface area contributed by atoms with E-state index >= 15 is 0 Å². The molecule has 0 spiro atoms. The monoisotopic (exact) mass is 334 g/mol. The maximum atomic E-state index is 11.8. The highest BCUT2D eigenvalue weighted by atomic mass is 16.5. The summed E-state index contributed by atoms with van der Waals surface area (Å²) in [7, 11) is 3.37. The number of rotatable bonds is 6. The first-order valence-electron chi connectivity index (χ1n) is 8.14. The summed E-state index contributed by atoms with van der Waals surface area (Å²) in [6, 6.07) is 6.19. The minimum atomic E-state index is -0.236. The summed E-state index contributed by atoms with van der Waals surface area (Å²) in [5.74, 6) is 1.45. The van der Waals surface area contributed by atoms with Crippen molar-refractivity contribution >= 4 is 11.9 Å². The van der Waals surface area contributed by atoms with Crippen molar-refractivity contribution in [2.24, 2.45) is 4.99 Å². The summed E-state index contributed by atoms with van der Waals surface area (Å²) in [5.41, 5.74) is 2.07. The smallest absolute Gasteiger partial charge is 0.239 e. The number of aliphatic imine (C=N–C) groups is 1. The molecule has 6 nitrogen and oxygen atoms in total. The number of benzene rings is 1. The number of carbonyl (C=O) groups is 1. The zero-order valence-corrected chi connectivity index (χ0v) is 15.6. The largest absolute Gasteiger partial charge is 0.496 e. The molecule has 1 aromatic carbocycles. The number of ether oxygens (including phenoxy) is 1. The molecule has 0 aliphatic rings. The second-order valence-corrected chi connectivity index (χ2v) is 6.70. The quantitative estimate of drug-likeness (QED) is 0.546. The van der Waals surface area contributed by atoms with Crippen molar-refractivity contribution < 1.29 is 9.53 Å². The van der Waals surface area contributed by atoms with E-state index in [-0.39, 0.29) is 18.0 Å². The lowest BCUT2D eigenvalue weighted by Crippen LogP contribution is -2.48. The molecule has 0 fully saturated rings. The van der Waals surface area contributed by atoms with E-state index in [1.807, 2.05) is 33.8 Å². The summed E-state index contributed by atoms with van der Waals surface area (Å²) in [6.45, 7) is 8.78. The highest BCUT2D eigenvalue weighted by molar-refractivity contribution is 5.86. The van der Waals surface area contributed by atoms with Gasteiger partial charge in [-0.2, -0.15) is 0 Å². The van der Waals surface area contributed by atoms with Crippen molar-refractivity contribution in [3.05, 3.63) is 29.3 Å². The molecule has 1 aromatic rings. The molecule has 24 heavy (non-hydrogen) atoms. The van der Waals surface area contributed by atoms with Gasteiger partial charge in [-0.25, -0.2) is 0 Å². The normalized spacial score (nSPS) is 11.8. The van der Waals surface area contributed by atoms with Crippen molar-refractivity contribution in [3.8, 4) is 5.75 Å². The number of hydrogen-bond donors (Lipinski definition) is 3. The summed E-state index contributed by atoms with van der Waals surface area (Å²) in [4.78, 5) is 15.9. The molecule has 0 bridgehead atoms. The average molecular weight is 334 g/mol. The molecule has 0 radical (unpaired) electrons. The zero-order chi connectivity index (χ0) is 18.2. The molecular weight excluding hydrogens is 304 g/mol. The summed E-state index contributed by atoms with van der Waals surface area (Å²) in [5, 5.41) is 9.12. The Kier molecular flexibility index (Phi) is 7.55. The van der Waals surface area contributed by atoms with Crippen LogP contribution < -0.4 is 20.7 Å². The van der Waals surface area contributed by atoms with Gasteiger partial charge in [0.15, 0.2) is 5.96 Å². The molecule has 0 aliphatic carbocycles. The fraction of sp³-hybridized carbons (Fsp3) is 0.556. The molecule has 6 heteroatoms. The molecule has 1 rings (SSSR count). The molecule has 0 aromatic heterocycles. The standard InChI is InChI=1S/C18H30N4O2/c1-13-7-8-14(11-15(13)24-6)9-10-20-17(19-5)21-12-16(23)22-18(2,3)4/h7-8,11H,9-10,12H2,1-6H3,(H,22,23)(H2,19,20,21). The number of carbonyl (C=O) groups excluding carboxylic acids is 1. The van der Waals surface area contributed by atoms with Crippen LogP contribution >= 0.6 is 0 Å². The average Bonchev–Trinajstić information content (AvgIpc) is 2.50. The minimum Gasteiger partial charge on any atom is -0.496 e. The van der Waals surface area contributed by atoms with Gasteiger partial charge >= 0.3 is 0 Å². The van der Waals surface area contributed by atoms with E-state index in [4.69, 9.17) is 4.74 Å². The Morgan fingerprint density at radius 3 is 2.54 bits per heavy atom. The van der Waals surface area contributed by atoms with Gasteiger partial charge in [-0.1, -0.05) is 12.1 Å². The number of nitrogens with zero attached hydrogens (tertiary/aromatic N) is 1. The van der Waals surface area contributed by atoms with Crippen LogP contribution in [0.2, 0.25) is 0 Å². The molecule has 0 heterocycles. The zero-order valence-electron chi connectivity index (χ0n) is 15.6. The number of guanidine groups is 1. The predicted molar refractivity (Wildman–Crippen MR) is 98.7 cm³/mol. The summed E-state index contributed by atoms with van der Waals surface area (Å²) >= 11 is 0. The van der Waals surface area contributed by atoms with Gasteiger partial charge in [0, 0.05) is 19.1 Å². The Morgan fingerprint density at radius 2 is 1.96 bits per heavy atom. The fourth-order valence-electron chi connectivity index (χ4n) is 2.19. The first kappa shape index (κ1) is 19.8. The molecule has 1 amide bonds. The number of methoxy groups -OCH3 is 1. The third-order valence-electron chi connectivity index (χ3n) is 3.33. The fourth-order valence-corrected chi connectivity index (χ4v) is 2.19. The van der Waals surface area contributed by atoms with Gasteiger partial charge in [-0.15, -0.1) is 0 Å². The van der Waals surface area contributed by atoms with Crippen LogP contribution in [0.15, 0.2) is 23.2 Å². The van der Waals surface area contributed by atoms with Crippen molar-refractivity contribution in [2.45, 2.75) is 39.7 Å². The second kappa shape index (κ2) is 9.15. The van der Waals surface area contributed by atoms with E-state index in [1.165, 1.54) is 5.56 Å². The van der Waals surface area contributed by atoms with E-state index in [0.717, 1.165) is 17.7 Å². The minimum absolute atomic E-state index is 0.0614. The van der Waals surface area contributed by atoms with Gasteiger partial charge in [0.1, 0.15) is 5.75 Å². The molecule has 0 saturated heterocycles. The first-order chi connectivity index (χ1) is 11.2. The SMILES string of the molecule is CN=C(NCCc1ccc(C)c(OC)c1)NCC(=O)NC(C)(C)C. The highest BCUT2D eigenvalue weighted by Gasteiger charge is 2.13. The van der Waals surface area contributed by atoms with E-state index in [1.54, 1.807) is 14.2 Å². The van der Waals surface area contributed by atoms with E-state index in [2.05, 4.69) is 33.1 Å². The number of amides is 1. The lowest BCUT2D eigenvalue weighted by atomic mass is 10.1. The van der Waals surface area contributed by atoms with Crippen LogP contribution in [0.25, 0.3) is 0 Å². The molecule has 0 unspecified atom stereocenters. The van der Waals surface area contributed by atoms with Crippen LogP contribution in [0.4, 0.5) is 0 Å². The molecule has 0 aliphatic heterocycles.